The molecule has 1 aliphatic carbocycles. The molecule has 5 atom stereocenters. The number of aliphatic hydroxyl groups is 3. The monoisotopic (exact) mass is 247 g/mol. The zero-order chi connectivity index (χ0) is 13.0. The van der Waals surface area contributed by atoms with Crippen molar-refractivity contribution in [3.63, 3.8) is 0 Å². The third-order valence-corrected chi connectivity index (χ3v) is 3.12. The standard InChI is InChI=1S/C11H21NO5/c1-3-17-8-4-7(5-13)10(15)11(16)9(8)12-6(2)14/h7-11,13,15-16H,3-5H2,1-2H3,(H,12,14). The summed E-state index contributed by atoms with van der Waals surface area (Å²) in [6.45, 7) is 3.40. The second kappa shape index (κ2) is 6.30. The Kier molecular flexibility index (Phi) is 5.32. The van der Waals surface area contributed by atoms with Crippen LogP contribution >= 0.6 is 0 Å². The lowest BCUT2D eigenvalue weighted by molar-refractivity contribution is -0.141. The number of hydrogen-bond acceptors (Lipinski definition) is 5. The van der Waals surface area contributed by atoms with Crippen molar-refractivity contribution in [2.75, 3.05) is 13.2 Å². The summed E-state index contributed by atoms with van der Waals surface area (Å²) in [5.74, 6) is -0.708. The Morgan fingerprint density at radius 3 is 2.53 bits per heavy atom. The molecule has 0 aliphatic heterocycles. The zero-order valence-electron chi connectivity index (χ0n) is 10.2. The third kappa shape index (κ3) is 3.38. The van der Waals surface area contributed by atoms with Crippen molar-refractivity contribution in [2.24, 2.45) is 5.92 Å². The summed E-state index contributed by atoms with van der Waals surface area (Å²) in [7, 11) is 0. The van der Waals surface area contributed by atoms with Gasteiger partial charge in [-0.1, -0.05) is 0 Å². The smallest absolute Gasteiger partial charge is 0.217 e. The number of rotatable bonds is 4. The SMILES string of the molecule is CCOC1CC(CO)C(O)C(O)C1NC(C)=O. The van der Waals surface area contributed by atoms with Gasteiger partial charge >= 0.3 is 0 Å². The van der Waals surface area contributed by atoms with Gasteiger partial charge in [0, 0.05) is 26.1 Å². The molecule has 1 aliphatic rings. The van der Waals surface area contributed by atoms with Crippen LogP contribution in [-0.2, 0) is 9.53 Å². The first-order valence-corrected chi connectivity index (χ1v) is 5.86. The molecule has 1 rings (SSSR count). The third-order valence-electron chi connectivity index (χ3n) is 3.12. The summed E-state index contributed by atoms with van der Waals surface area (Å²) in [5, 5.41) is 31.4. The van der Waals surface area contributed by atoms with Crippen LogP contribution in [0.1, 0.15) is 20.3 Å². The minimum atomic E-state index is -1.12. The Labute approximate surface area is 101 Å². The summed E-state index contributed by atoms with van der Waals surface area (Å²) in [5.41, 5.74) is 0. The van der Waals surface area contributed by atoms with Crippen molar-refractivity contribution in [2.45, 2.75) is 44.6 Å². The van der Waals surface area contributed by atoms with Crippen LogP contribution in [0.25, 0.3) is 0 Å². The van der Waals surface area contributed by atoms with E-state index >= 15 is 0 Å². The molecule has 1 fully saturated rings. The molecule has 0 bridgehead atoms. The first-order chi connectivity index (χ1) is 8.01. The van der Waals surface area contributed by atoms with Crippen molar-refractivity contribution < 1.29 is 24.9 Å². The molecule has 0 spiro atoms. The number of carbonyl (C=O) groups is 1. The molecule has 0 saturated heterocycles. The normalized spacial score (nSPS) is 37.8. The second-order valence-corrected chi connectivity index (χ2v) is 4.38. The van der Waals surface area contributed by atoms with Crippen molar-refractivity contribution in [1.82, 2.24) is 5.32 Å². The lowest BCUT2D eigenvalue weighted by Gasteiger charge is -2.42. The average Bonchev–Trinajstić information content (AvgIpc) is 2.28. The maximum absolute atomic E-state index is 11.1. The Morgan fingerprint density at radius 2 is 2.06 bits per heavy atom. The van der Waals surface area contributed by atoms with E-state index in [1.54, 1.807) is 0 Å². The molecule has 0 aromatic heterocycles. The highest BCUT2D eigenvalue weighted by molar-refractivity contribution is 5.73. The number of hydrogen-bond donors (Lipinski definition) is 4. The second-order valence-electron chi connectivity index (χ2n) is 4.38. The first kappa shape index (κ1) is 14.4. The van der Waals surface area contributed by atoms with Crippen LogP contribution in [0.15, 0.2) is 0 Å². The van der Waals surface area contributed by atoms with Gasteiger partial charge in [0.2, 0.25) is 5.91 Å². The summed E-state index contributed by atoms with van der Waals surface area (Å²) in [4.78, 5) is 11.1. The van der Waals surface area contributed by atoms with Gasteiger partial charge in [0.25, 0.3) is 0 Å². The van der Waals surface area contributed by atoms with E-state index in [1.165, 1.54) is 6.92 Å². The van der Waals surface area contributed by atoms with Crippen LogP contribution in [0.4, 0.5) is 0 Å². The van der Waals surface area contributed by atoms with Crippen LogP contribution in [-0.4, -0.2) is 58.8 Å². The number of carbonyl (C=O) groups excluding carboxylic acids is 1. The molecule has 5 unspecified atom stereocenters. The van der Waals surface area contributed by atoms with E-state index in [0.717, 1.165) is 0 Å². The first-order valence-electron chi connectivity index (χ1n) is 5.86. The highest BCUT2D eigenvalue weighted by atomic mass is 16.5. The summed E-state index contributed by atoms with van der Waals surface area (Å²) in [6, 6.07) is -0.634. The predicted octanol–water partition coefficient (Wildman–Crippen LogP) is -1.37. The van der Waals surface area contributed by atoms with Gasteiger partial charge < -0.3 is 25.4 Å². The van der Waals surface area contributed by atoms with Gasteiger partial charge in [-0.2, -0.15) is 0 Å². The minimum Gasteiger partial charge on any atom is -0.396 e. The molecule has 0 aromatic rings. The van der Waals surface area contributed by atoms with Crippen LogP contribution in [0, 0.1) is 5.92 Å². The fourth-order valence-electron chi connectivity index (χ4n) is 2.28. The molecule has 17 heavy (non-hydrogen) atoms. The largest absolute Gasteiger partial charge is 0.396 e. The molecule has 0 heterocycles. The molecule has 0 radical (unpaired) electrons. The van der Waals surface area contributed by atoms with Gasteiger partial charge in [-0.05, 0) is 13.3 Å². The van der Waals surface area contributed by atoms with Crippen molar-refractivity contribution in [1.29, 1.82) is 0 Å². The van der Waals surface area contributed by atoms with Crippen molar-refractivity contribution >= 4 is 5.91 Å². The number of ether oxygens (including phenoxy) is 1. The van der Waals surface area contributed by atoms with Crippen LogP contribution in [0.2, 0.25) is 0 Å². The van der Waals surface area contributed by atoms with E-state index in [0.29, 0.717) is 13.0 Å². The molecule has 6 nitrogen and oxygen atoms in total. The molecule has 100 valence electrons. The van der Waals surface area contributed by atoms with Gasteiger partial charge in [-0.3, -0.25) is 4.79 Å². The van der Waals surface area contributed by atoms with Crippen LogP contribution < -0.4 is 5.32 Å². The lowest BCUT2D eigenvalue weighted by Crippen LogP contribution is -2.61. The topological polar surface area (TPSA) is 99.0 Å². The van der Waals surface area contributed by atoms with Gasteiger partial charge in [-0.25, -0.2) is 0 Å². The maximum atomic E-state index is 11.1. The van der Waals surface area contributed by atoms with E-state index in [-0.39, 0.29) is 18.6 Å². The molecule has 0 aromatic carbocycles. The fraction of sp³-hybridized carbons (Fsp3) is 0.909. The molecule has 1 saturated carbocycles. The molecular weight excluding hydrogens is 226 g/mol. The number of nitrogens with one attached hydrogen (secondary N) is 1. The highest BCUT2D eigenvalue weighted by Crippen LogP contribution is 2.27. The van der Waals surface area contributed by atoms with E-state index in [9.17, 15) is 15.0 Å². The van der Waals surface area contributed by atoms with Gasteiger partial charge in [0.1, 0.15) is 6.10 Å². The predicted molar refractivity (Wildman–Crippen MR) is 60.2 cm³/mol. The van der Waals surface area contributed by atoms with E-state index in [1.807, 2.05) is 6.92 Å². The average molecular weight is 247 g/mol. The summed E-state index contributed by atoms with van der Waals surface area (Å²) >= 11 is 0. The van der Waals surface area contributed by atoms with E-state index in [2.05, 4.69) is 5.32 Å². The Morgan fingerprint density at radius 1 is 1.41 bits per heavy atom. The Bertz CT molecular complexity index is 260. The van der Waals surface area contributed by atoms with Crippen LogP contribution in [0.3, 0.4) is 0 Å². The van der Waals surface area contributed by atoms with E-state index in [4.69, 9.17) is 9.84 Å². The number of amides is 1. The molecule has 4 N–H and O–H groups in total. The van der Waals surface area contributed by atoms with Gasteiger partial charge in [-0.15, -0.1) is 0 Å². The highest BCUT2D eigenvalue weighted by Gasteiger charge is 2.43. The molecule has 6 heteroatoms. The van der Waals surface area contributed by atoms with Crippen molar-refractivity contribution in [3.8, 4) is 0 Å². The summed E-state index contributed by atoms with van der Waals surface area (Å²) < 4.78 is 5.45. The van der Waals surface area contributed by atoms with Crippen LogP contribution in [0.5, 0.6) is 0 Å². The Hall–Kier alpha value is -0.690. The van der Waals surface area contributed by atoms with Gasteiger partial charge in [0.05, 0.1) is 18.2 Å². The zero-order valence-corrected chi connectivity index (χ0v) is 10.2. The summed E-state index contributed by atoms with van der Waals surface area (Å²) in [6.07, 6.45) is -2.15. The molecule has 1 amide bonds. The van der Waals surface area contributed by atoms with E-state index < -0.39 is 24.2 Å². The van der Waals surface area contributed by atoms with Crippen molar-refractivity contribution in [3.05, 3.63) is 0 Å². The number of aliphatic hydroxyl groups excluding tert-OH is 3. The minimum absolute atomic E-state index is 0.214. The fourth-order valence-corrected chi connectivity index (χ4v) is 2.28. The Balaban J connectivity index is 2.78. The van der Waals surface area contributed by atoms with Gasteiger partial charge in [0.15, 0.2) is 0 Å². The molecular formula is C11H21NO5. The maximum Gasteiger partial charge on any atom is 0.217 e. The lowest BCUT2D eigenvalue weighted by atomic mass is 9.79. The quantitative estimate of drug-likeness (QED) is 0.491.